The minimum atomic E-state index is -1.01. The maximum atomic E-state index is 9.55. The molecule has 3 N–H and O–H groups in total. The van der Waals surface area contributed by atoms with E-state index in [-0.39, 0.29) is 6.61 Å². The van der Waals surface area contributed by atoms with Crippen LogP contribution in [0.1, 0.15) is 6.92 Å². The maximum absolute atomic E-state index is 9.55. The standard InChI is InChI=1S/C3H8O2.C2H4O2S2/c1-3(5)2-4;3-1(4)2(5)6/h3-5H,2H2,1H3;2,5-6H,(H,3,4). The monoisotopic (exact) mass is 200 g/mol. The molecule has 1 unspecified atom stereocenters. The summed E-state index contributed by atoms with van der Waals surface area (Å²) in [5, 5.41) is 23.8. The van der Waals surface area contributed by atoms with E-state index in [1.54, 1.807) is 0 Å². The molecule has 0 aromatic rings. The van der Waals surface area contributed by atoms with Crippen LogP contribution < -0.4 is 0 Å². The van der Waals surface area contributed by atoms with Crippen molar-refractivity contribution < 1.29 is 20.1 Å². The summed E-state index contributed by atoms with van der Waals surface area (Å²) in [6.07, 6.45) is -0.560. The van der Waals surface area contributed by atoms with Crippen LogP contribution in [0.3, 0.4) is 0 Å². The van der Waals surface area contributed by atoms with Crippen molar-refractivity contribution in [2.75, 3.05) is 6.61 Å². The summed E-state index contributed by atoms with van der Waals surface area (Å²) >= 11 is 6.92. The minimum Gasteiger partial charge on any atom is -0.480 e. The molecule has 0 saturated heterocycles. The molecule has 0 amide bonds. The molecule has 0 bridgehead atoms. The fourth-order valence-electron chi connectivity index (χ4n) is 0. The lowest BCUT2D eigenvalue weighted by atomic mass is 10.5. The zero-order chi connectivity index (χ0) is 9.44. The van der Waals surface area contributed by atoms with Gasteiger partial charge in [0.2, 0.25) is 0 Å². The average Bonchev–Trinajstić information content (AvgIpc) is 1.89. The number of aliphatic hydroxyl groups excluding tert-OH is 2. The van der Waals surface area contributed by atoms with Crippen LogP contribution in [-0.2, 0) is 4.79 Å². The van der Waals surface area contributed by atoms with E-state index in [0.717, 1.165) is 0 Å². The molecule has 0 aliphatic rings. The lowest BCUT2D eigenvalue weighted by molar-refractivity contribution is -0.134. The van der Waals surface area contributed by atoms with E-state index in [2.05, 4.69) is 25.3 Å². The van der Waals surface area contributed by atoms with Gasteiger partial charge in [-0.05, 0) is 6.92 Å². The van der Waals surface area contributed by atoms with Gasteiger partial charge in [0.1, 0.15) is 4.58 Å². The first kappa shape index (κ1) is 13.7. The second-order valence-electron chi connectivity index (χ2n) is 1.74. The van der Waals surface area contributed by atoms with E-state index in [4.69, 9.17) is 15.3 Å². The van der Waals surface area contributed by atoms with Crippen molar-refractivity contribution in [3.63, 3.8) is 0 Å². The Bertz CT molecular complexity index is 105. The number of carboxylic acid groups (broad SMARTS) is 1. The largest absolute Gasteiger partial charge is 0.480 e. The van der Waals surface area contributed by atoms with Crippen molar-refractivity contribution in [3.8, 4) is 0 Å². The van der Waals surface area contributed by atoms with Crippen LogP contribution in [0.2, 0.25) is 0 Å². The van der Waals surface area contributed by atoms with Crippen LogP contribution in [0.25, 0.3) is 0 Å². The molecule has 0 fully saturated rings. The Labute approximate surface area is 76.1 Å². The first-order chi connectivity index (χ1) is 4.91. The van der Waals surface area contributed by atoms with Crippen LogP contribution in [0.4, 0.5) is 0 Å². The Hall–Kier alpha value is 0.0900. The van der Waals surface area contributed by atoms with Crippen LogP contribution in [0.15, 0.2) is 0 Å². The van der Waals surface area contributed by atoms with E-state index < -0.39 is 16.7 Å². The predicted octanol–water partition coefficient (Wildman–Crippen LogP) is -0.384. The van der Waals surface area contributed by atoms with Crippen LogP contribution in [0, 0.1) is 0 Å². The fraction of sp³-hybridized carbons (Fsp3) is 0.800. The van der Waals surface area contributed by atoms with Gasteiger partial charge in [-0.25, -0.2) is 0 Å². The van der Waals surface area contributed by atoms with Gasteiger partial charge >= 0.3 is 5.97 Å². The lowest BCUT2D eigenvalue weighted by Crippen LogP contribution is -2.04. The van der Waals surface area contributed by atoms with Crippen molar-refractivity contribution in [3.05, 3.63) is 0 Å². The maximum Gasteiger partial charge on any atom is 0.326 e. The normalized spacial score (nSPS) is 11.8. The van der Waals surface area contributed by atoms with Gasteiger partial charge in [0.15, 0.2) is 0 Å². The topological polar surface area (TPSA) is 77.8 Å². The Balaban J connectivity index is 0. The number of carboxylic acids is 1. The van der Waals surface area contributed by atoms with Gasteiger partial charge in [-0.15, -0.1) is 0 Å². The predicted molar refractivity (Wildman–Crippen MR) is 48.2 cm³/mol. The highest BCUT2D eigenvalue weighted by Gasteiger charge is 2.01. The Morgan fingerprint density at radius 3 is 1.73 bits per heavy atom. The molecule has 0 aromatic carbocycles. The molecule has 6 heteroatoms. The van der Waals surface area contributed by atoms with E-state index >= 15 is 0 Å². The third kappa shape index (κ3) is 17.8. The smallest absolute Gasteiger partial charge is 0.326 e. The van der Waals surface area contributed by atoms with Crippen molar-refractivity contribution in [1.29, 1.82) is 0 Å². The summed E-state index contributed by atoms with van der Waals surface area (Å²) in [6, 6.07) is 0. The van der Waals surface area contributed by atoms with Gasteiger partial charge in [-0.1, -0.05) is 0 Å². The molecule has 68 valence electrons. The Kier molecular flexibility index (Phi) is 10.2. The SMILES string of the molecule is CC(O)CO.O=C(O)C(S)S. The summed E-state index contributed by atoms with van der Waals surface area (Å²) < 4.78 is -0.843. The average molecular weight is 200 g/mol. The summed E-state index contributed by atoms with van der Waals surface area (Å²) in [6.45, 7) is 1.39. The third-order valence-electron chi connectivity index (χ3n) is 0.485. The molecule has 11 heavy (non-hydrogen) atoms. The fourth-order valence-corrected chi connectivity index (χ4v) is 0. The van der Waals surface area contributed by atoms with Crippen LogP contribution in [0.5, 0.6) is 0 Å². The summed E-state index contributed by atoms with van der Waals surface area (Å²) in [7, 11) is 0. The molecule has 4 nitrogen and oxygen atoms in total. The highest BCUT2D eigenvalue weighted by molar-refractivity contribution is 8.00. The number of hydrogen-bond donors (Lipinski definition) is 5. The third-order valence-corrected chi connectivity index (χ3v) is 0.927. The molecule has 0 saturated carbocycles. The molecular formula is C5H12O4S2. The minimum absolute atomic E-state index is 0.139. The van der Waals surface area contributed by atoms with Gasteiger partial charge in [0.25, 0.3) is 0 Å². The molecule has 0 aromatic heterocycles. The van der Waals surface area contributed by atoms with Gasteiger partial charge in [-0.3, -0.25) is 4.79 Å². The van der Waals surface area contributed by atoms with E-state index in [1.165, 1.54) is 6.92 Å². The Morgan fingerprint density at radius 2 is 1.73 bits per heavy atom. The summed E-state index contributed by atoms with van der Waals surface area (Å²) in [5.41, 5.74) is 0. The van der Waals surface area contributed by atoms with Crippen molar-refractivity contribution in [2.24, 2.45) is 0 Å². The van der Waals surface area contributed by atoms with Crippen molar-refractivity contribution >= 4 is 31.2 Å². The number of thiol groups is 2. The number of carbonyl (C=O) groups is 1. The quantitative estimate of drug-likeness (QED) is 0.311. The van der Waals surface area contributed by atoms with E-state index in [9.17, 15) is 4.79 Å². The van der Waals surface area contributed by atoms with Gasteiger partial charge in [0.05, 0.1) is 12.7 Å². The van der Waals surface area contributed by atoms with Crippen molar-refractivity contribution in [1.82, 2.24) is 0 Å². The summed E-state index contributed by atoms with van der Waals surface area (Å²) in [5.74, 6) is -1.01. The summed E-state index contributed by atoms with van der Waals surface area (Å²) in [4.78, 5) is 9.55. The molecule has 0 radical (unpaired) electrons. The van der Waals surface area contributed by atoms with E-state index in [0.29, 0.717) is 0 Å². The number of aliphatic hydroxyl groups is 2. The van der Waals surface area contributed by atoms with Crippen LogP contribution in [-0.4, -0.2) is 38.6 Å². The number of hydrogen-bond acceptors (Lipinski definition) is 5. The Morgan fingerprint density at radius 1 is 1.55 bits per heavy atom. The molecular weight excluding hydrogens is 188 g/mol. The first-order valence-electron chi connectivity index (χ1n) is 2.79. The lowest BCUT2D eigenvalue weighted by Gasteiger charge is -1.90. The number of rotatable bonds is 2. The number of aliphatic carboxylic acids is 1. The molecule has 1 atom stereocenters. The first-order valence-corrected chi connectivity index (χ1v) is 3.83. The second kappa shape index (κ2) is 8.19. The van der Waals surface area contributed by atoms with Gasteiger partial charge in [0, 0.05) is 0 Å². The molecule has 0 aliphatic heterocycles. The zero-order valence-corrected chi connectivity index (χ0v) is 7.79. The van der Waals surface area contributed by atoms with Gasteiger partial charge in [-0.2, -0.15) is 25.3 Å². The highest BCUT2D eigenvalue weighted by atomic mass is 32.2. The molecule has 0 aliphatic carbocycles. The van der Waals surface area contributed by atoms with E-state index in [1.807, 2.05) is 0 Å². The zero-order valence-electron chi connectivity index (χ0n) is 6.01. The molecule has 0 rings (SSSR count). The molecule has 0 heterocycles. The highest BCUT2D eigenvalue weighted by Crippen LogP contribution is 1.96. The second-order valence-corrected chi connectivity index (χ2v) is 3.18. The van der Waals surface area contributed by atoms with Crippen molar-refractivity contribution in [2.45, 2.75) is 17.6 Å². The van der Waals surface area contributed by atoms with Gasteiger partial charge < -0.3 is 15.3 Å². The van der Waals surface area contributed by atoms with Crippen LogP contribution >= 0.6 is 25.3 Å². The molecule has 0 spiro atoms.